The molecular weight excluding hydrogens is 1080 g/mol. The second kappa shape index (κ2) is 26.6. The first-order valence-corrected chi connectivity index (χ1v) is 24.6. The van der Waals surface area contributed by atoms with E-state index in [1.165, 1.54) is 84.9 Å². The summed E-state index contributed by atoms with van der Waals surface area (Å²) in [5.74, 6) is -8.85. The first-order valence-electron chi connectivity index (χ1n) is 22.9. The molecule has 5 aromatic carbocycles. The van der Waals surface area contributed by atoms with E-state index in [-0.39, 0.29) is 27.8 Å². The van der Waals surface area contributed by atoms with Gasteiger partial charge in [0.15, 0.2) is 36.8 Å². The van der Waals surface area contributed by atoms with Crippen LogP contribution in [0.1, 0.15) is 58.7 Å². The average Bonchev–Trinajstić information content (AvgIpc) is 3.43. The zero-order chi connectivity index (χ0) is 54.4. The molecule has 0 bridgehead atoms. The van der Waals surface area contributed by atoms with Gasteiger partial charge in [-0.2, -0.15) is 0 Å². The molecule has 0 unspecified atom stereocenters. The molecule has 0 radical (unpaired) electrons. The van der Waals surface area contributed by atoms with Gasteiger partial charge in [0.25, 0.3) is 3.79 Å². The summed E-state index contributed by atoms with van der Waals surface area (Å²) in [5.41, 5.74) is 0.135. The van der Waals surface area contributed by atoms with Crippen molar-refractivity contribution in [3.05, 3.63) is 179 Å². The maximum Gasteiger partial charge on any atom is 0.338 e. The van der Waals surface area contributed by atoms with Crippen LogP contribution in [-0.4, -0.2) is 132 Å². The number of halogens is 4. The Balaban J connectivity index is 1.32. The first-order chi connectivity index (χ1) is 36.5. The fourth-order valence-corrected chi connectivity index (χ4v) is 7.88. The van der Waals surface area contributed by atoms with Gasteiger partial charge in [0.2, 0.25) is 18.3 Å². The topological polar surface area (TPSA) is 245 Å². The number of carbonyl (C=O) groups is 7. The fourth-order valence-electron chi connectivity index (χ4n) is 7.68. The number of carbonyl (C=O) groups excluding carboxylic acids is 7. The Kier molecular flexibility index (Phi) is 19.8. The van der Waals surface area contributed by atoms with Crippen LogP contribution in [0, 0.1) is 5.41 Å². The molecule has 0 saturated carbocycles. The summed E-state index contributed by atoms with van der Waals surface area (Å²) in [7, 11) is 0. The van der Waals surface area contributed by atoms with Crippen LogP contribution >= 0.6 is 46.4 Å². The van der Waals surface area contributed by atoms with Gasteiger partial charge in [0.05, 0.1) is 34.4 Å². The van der Waals surface area contributed by atoms with E-state index in [0.717, 1.165) is 6.92 Å². The number of alkyl halides is 4. The molecule has 2 heterocycles. The molecule has 2 fully saturated rings. The van der Waals surface area contributed by atoms with Crippen molar-refractivity contribution in [2.24, 2.45) is 0 Å². The van der Waals surface area contributed by atoms with E-state index in [1.807, 2.05) is 0 Å². The van der Waals surface area contributed by atoms with Gasteiger partial charge in [0, 0.05) is 6.92 Å². The van der Waals surface area contributed by atoms with Crippen molar-refractivity contribution in [3.63, 3.8) is 0 Å². The predicted molar refractivity (Wildman–Crippen MR) is 268 cm³/mol. The van der Waals surface area contributed by atoms with Crippen molar-refractivity contribution >= 4 is 94.1 Å². The molecule has 7 rings (SSSR count). The second-order valence-electron chi connectivity index (χ2n) is 16.4. The summed E-state index contributed by atoms with van der Waals surface area (Å²) in [6, 6.07) is 38.1. The highest BCUT2D eigenvalue weighted by Gasteiger charge is 2.57. The normalized spacial score (nSPS) is 23.1. The number of ether oxygens (including phenoxy) is 11. The van der Waals surface area contributed by atoms with Crippen LogP contribution in [0.2, 0.25) is 0 Å². The van der Waals surface area contributed by atoms with Crippen LogP contribution < -0.4 is 0 Å². The largest absolute Gasteiger partial charge is 0.459 e. The number of benzene rings is 5. The summed E-state index contributed by atoms with van der Waals surface area (Å²) in [6.07, 6.45) is -18.6. The van der Waals surface area contributed by atoms with Gasteiger partial charge in [-0.1, -0.05) is 126 Å². The Morgan fingerprint density at radius 2 is 0.789 bits per heavy atom. The molecule has 0 spiro atoms. The third-order valence-corrected chi connectivity index (χ3v) is 11.9. The molecule has 10 atom stereocenters. The highest BCUT2D eigenvalue weighted by Crippen LogP contribution is 2.36. The number of nitrogens with one attached hydrogen (secondary N) is 1. The maximum atomic E-state index is 14.1. The molecule has 76 heavy (non-hydrogen) atoms. The number of esters is 7. The standard InChI is InChI=1S/C53H45Cl4NO18/c1-30(59)68-43-41(74-48(64)34-23-13-5-14-24-34)39(72-46(62)32-19-9-3-10-20-32)36(28-66-45(61)31-17-7-2-8-18-31)69-50(43)67-29-37-40(73-47(63)33-21-11-4-12-22-33)42(75-49(65)35-25-15-6-16-26-35)44(71-38(60)27-54)51(70-37)76-52(58)53(55,56)57/h2-26,36-37,39-44,50-51,58H,27-29H2,1H3/t36-,37-,39-,40-,41+,42+,43+,44+,50+,51-/m1/s1. The lowest BCUT2D eigenvalue weighted by atomic mass is 9.96. The SMILES string of the molecule is CC(=O)O[C@@H]1[C@@H](OC[C@H]2O[C@H](OC(=N)C(Cl)(Cl)Cl)[C@@H](OC(=O)CCl)[C@@H](OC(=O)c3ccccc3)[C@@H]2OC(=O)c2ccccc2)O[C@H](COC(=O)c2ccccc2)[C@@H](OC(=O)c2ccccc2)[C@@H]1OC(=O)c1ccccc1. The lowest BCUT2D eigenvalue weighted by molar-refractivity contribution is -0.324. The molecule has 0 amide bonds. The van der Waals surface area contributed by atoms with Gasteiger partial charge < -0.3 is 52.1 Å². The van der Waals surface area contributed by atoms with E-state index in [0.29, 0.717) is 0 Å². The van der Waals surface area contributed by atoms with Crippen LogP contribution in [0.4, 0.5) is 0 Å². The van der Waals surface area contributed by atoms with Gasteiger partial charge in [-0.05, 0) is 60.7 Å². The molecule has 23 heteroatoms. The van der Waals surface area contributed by atoms with E-state index < -0.39 is 132 Å². The Morgan fingerprint density at radius 1 is 0.447 bits per heavy atom. The maximum absolute atomic E-state index is 14.1. The summed E-state index contributed by atoms with van der Waals surface area (Å²) in [5, 5.41) is 8.47. The summed E-state index contributed by atoms with van der Waals surface area (Å²) in [4.78, 5) is 95.6. The number of hydrogen-bond acceptors (Lipinski definition) is 19. The zero-order valence-electron chi connectivity index (χ0n) is 39.7. The molecule has 2 aliphatic heterocycles. The monoisotopic (exact) mass is 1120 g/mol. The minimum Gasteiger partial charge on any atom is -0.459 e. The van der Waals surface area contributed by atoms with Gasteiger partial charge in [-0.25, -0.2) is 24.0 Å². The van der Waals surface area contributed by atoms with E-state index in [1.54, 1.807) is 66.7 Å². The zero-order valence-corrected chi connectivity index (χ0v) is 42.7. The lowest BCUT2D eigenvalue weighted by Gasteiger charge is -2.46. The van der Waals surface area contributed by atoms with E-state index in [9.17, 15) is 33.6 Å². The third-order valence-electron chi connectivity index (χ3n) is 11.2. The number of hydrogen-bond donors (Lipinski definition) is 1. The quantitative estimate of drug-likeness (QED) is 0.0291. The predicted octanol–water partition coefficient (Wildman–Crippen LogP) is 7.66. The summed E-state index contributed by atoms with van der Waals surface area (Å²) < 4.78 is 63.4. The van der Waals surface area contributed by atoms with Crippen molar-refractivity contribution in [1.29, 1.82) is 5.41 Å². The molecule has 19 nitrogen and oxygen atoms in total. The smallest absolute Gasteiger partial charge is 0.338 e. The summed E-state index contributed by atoms with van der Waals surface area (Å²) >= 11 is 24.0. The molecule has 398 valence electrons. The average molecular weight is 1130 g/mol. The molecule has 0 aliphatic carbocycles. The van der Waals surface area contributed by atoms with Gasteiger partial charge in [-0.15, -0.1) is 11.6 Å². The van der Waals surface area contributed by atoms with Crippen molar-refractivity contribution in [1.82, 2.24) is 0 Å². The van der Waals surface area contributed by atoms with Crippen LogP contribution in [0.25, 0.3) is 0 Å². The van der Waals surface area contributed by atoms with Crippen LogP contribution in [-0.2, 0) is 61.7 Å². The van der Waals surface area contributed by atoms with Crippen molar-refractivity contribution in [2.45, 2.75) is 72.1 Å². The lowest BCUT2D eigenvalue weighted by Crippen LogP contribution is -2.65. The Bertz CT molecular complexity index is 2810. The van der Waals surface area contributed by atoms with E-state index >= 15 is 0 Å². The van der Waals surface area contributed by atoms with E-state index in [4.69, 9.17) is 104 Å². The highest BCUT2D eigenvalue weighted by atomic mass is 35.6. The second-order valence-corrected chi connectivity index (χ2v) is 19.0. The van der Waals surface area contributed by atoms with Crippen LogP contribution in [0.5, 0.6) is 0 Å². The van der Waals surface area contributed by atoms with Crippen molar-refractivity contribution < 1.29 is 85.7 Å². The van der Waals surface area contributed by atoms with Crippen molar-refractivity contribution in [3.8, 4) is 0 Å². The minimum absolute atomic E-state index is 0.0129. The van der Waals surface area contributed by atoms with Crippen LogP contribution in [0.3, 0.4) is 0 Å². The Labute approximate surface area is 453 Å². The molecule has 2 aliphatic rings. The molecule has 1 N–H and O–H groups in total. The Hall–Kier alpha value is -7.10. The van der Waals surface area contributed by atoms with Crippen molar-refractivity contribution in [2.75, 3.05) is 19.1 Å². The minimum atomic E-state index is -2.57. The number of rotatable bonds is 18. The van der Waals surface area contributed by atoms with E-state index in [2.05, 4.69) is 0 Å². The van der Waals surface area contributed by atoms with Gasteiger partial charge >= 0.3 is 41.8 Å². The first kappa shape index (κ1) is 56.6. The summed E-state index contributed by atoms with van der Waals surface area (Å²) in [6.45, 7) is -0.579. The molecule has 2 saturated heterocycles. The third kappa shape index (κ3) is 15.1. The molecule has 5 aromatic rings. The fraction of sp³-hybridized carbons (Fsp3) is 0.283. The van der Waals surface area contributed by atoms with Gasteiger partial charge in [-0.3, -0.25) is 15.0 Å². The molecular formula is C53H45Cl4NO18. The van der Waals surface area contributed by atoms with Crippen LogP contribution in [0.15, 0.2) is 152 Å². The highest BCUT2D eigenvalue weighted by molar-refractivity contribution is 6.76. The van der Waals surface area contributed by atoms with Gasteiger partial charge in [0.1, 0.15) is 24.7 Å². The Morgan fingerprint density at radius 3 is 1.16 bits per heavy atom. The molecule has 0 aromatic heterocycles.